The van der Waals surface area contributed by atoms with Crippen molar-refractivity contribution in [1.82, 2.24) is 0 Å². The zero-order valence-electron chi connectivity index (χ0n) is 14.1. The van der Waals surface area contributed by atoms with Crippen molar-refractivity contribution < 1.29 is 9.72 Å². The van der Waals surface area contributed by atoms with Crippen LogP contribution < -0.4 is 5.73 Å². The number of hydrogen-bond donors (Lipinski definition) is 1. The Morgan fingerprint density at radius 2 is 1.73 bits per heavy atom. The summed E-state index contributed by atoms with van der Waals surface area (Å²) in [5.74, 6) is -0.629. The highest BCUT2D eigenvalue weighted by Gasteiger charge is 2.43. The predicted octanol–water partition coefficient (Wildman–Crippen LogP) is 4.32. The molecule has 1 aliphatic rings. The molecule has 2 N–H and O–H groups in total. The third-order valence-electron chi connectivity index (χ3n) is 5.51. The van der Waals surface area contributed by atoms with Crippen molar-refractivity contribution in [3.05, 3.63) is 87.5 Å². The molecular formula is C21H18N2O3. The summed E-state index contributed by atoms with van der Waals surface area (Å²) >= 11 is 0. The molecule has 130 valence electrons. The number of nitro groups is 1. The number of nitrogens with two attached hydrogens (primary N) is 1. The maximum absolute atomic E-state index is 12.1. The van der Waals surface area contributed by atoms with E-state index in [1.54, 1.807) is 6.07 Å². The average Bonchev–Trinajstić information content (AvgIpc) is 2.61. The van der Waals surface area contributed by atoms with Gasteiger partial charge in [-0.1, -0.05) is 55.0 Å². The maximum Gasteiger partial charge on any atom is 0.270 e. The van der Waals surface area contributed by atoms with Crippen LogP contribution in [0.2, 0.25) is 0 Å². The number of primary amides is 1. The largest absolute Gasteiger partial charge is 0.366 e. The first kappa shape index (κ1) is 16.3. The first-order valence-corrected chi connectivity index (χ1v) is 8.60. The molecule has 3 aromatic rings. The molecule has 5 heteroatoms. The molecule has 0 heterocycles. The lowest BCUT2D eigenvalue weighted by molar-refractivity contribution is -0.384. The van der Waals surface area contributed by atoms with E-state index in [2.05, 4.69) is 24.3 Å². The Bertz CT molecular complexity index is 1030. The number of non-ortho nitro benzene ring substituents is 1. The second kappa shape index (κ2) is 5.95. The van der Waals surface area contributed by atoms with Crippen LogP contribution in [0, 0.1) is 10.1 Å². The van der Waals surface area contributed by atoms with Gasteiger partial charge in [0.05, 0.1) is 10.5 Å². The Hall–Kier alpha value is -3.21. The smallest absolute Gasteiger partial charge is 0.270 e. The summed E-state index contributed by atoms with van der Waals surface area (Å²) in [7, 11) is 0. The molecule has 4 rings (SSSR count). The molecule has 0 atom stereocenters. The van der Waals surface area contributed by atoms with Crippen molar-refractivity contribution in [2.45, 2.75) is 24.7 Å². The number of benzene rings is 3. The van der Waals surface area contributed by atoms with Crippen LogP contribution in [0.25, 0.3) is 10.8 Å². The van der Waals surface area contributed by atoms with Gasteiger partial charge < -0.3 is 5.73 Å². The Kier molecular flexibility index (Phi) is 3.72. The van der Waals surface area contributed by atoms with E-state index in [0.29, 0.717) is 0 Å². The molecule has 1 fully saturated rings. The van der Waals surface area contributed by atoms with Crippen molar-refractivity contribution >= 4 is 22.4 Å². The number of amides is 1. The van der Waals surface area contributed by atoms with Gasteiger partial charge in [0.25, 0.3) is 5.69 Å². The van der Waals surface area contributed by atoms with Gasteiger partial charge in [0.1, 0.15) is 0 Å². The Morgan fingerprint density at radius 3 is 2.38 bits per heavy atom. The number of rotatable bonds is 4. The van der Waals surface area contributed by atoms with Gasteiger partial charge >= 0.3 is 0 Å². The van der Waals surface area contributed by atoms with E-state index in [-0.39, 0.29) is 16.7 Å². The monoisotopic (exact) mass is 346 g/mol. The van der Waals surface area contributed by atoms with Crippen LogP contribution in [-0.4, -0.2) is 10.8 Å². The van der Waals surface area contributed by atoms with Gasteiger partial charge in [-0.3, -0.25) is 14.9 Å². The first-order valence-electron chi connectivity index (χ1n) is 8.60. The molecular weight excluding hydrogens is 328 g/mol. The highest BCUT2D eigenvalue weighted by molar-refractivity contribution is 5.96. The fourth-order valence-corrected chi connectivity index (χ4v) is 4.12. The molecule has 0 bridgehead atoms. The third kappa shape index (κ3) is 2.36. The van der Waals surface area contributed by atoms with E-state index >= 15 is 0 Å². The first-order chi connectivity index (χ1) is 12.5. The minimum absolute atomic E-state index is 0.116. The van der Waals surface area contributed by atoms with Crippen molar-refractivity contribution in [1.29, 1.82) is 0 Å². The molecule has 1 saturated carbocycles. The normalized spacial score (nSPS) is 15.4. The fourth-order valence-electron chi connectivity index (χ4n) is 4.12. The number of fused-ring (bicyclic) bond motifs is 1. The molecule has 0 aliphatic heterocycles. The number of nitro benzene ring substituents is 1. The molecule has 1 amide bonds. The Morgan fingerprint density at radius 1 is 1.00 bits per heavy atom. The zero-order valence-corrected chi connectivity index (χ0v) is 14.1. The third-order valence-corrected chi connectivity index (χ3v) is 5.51. The van der Waals surface area contributed by atoms with Gasteiger partial charge in [0, 0.05) is 17.5 Å². The second-order valence-corrected chi connectivity index (χ2v) is 6.81. The maximum atomic E-state index is 12.1. The van der Waals surface area contributed by atoms with Gasteiger partial charge in [-0.15, -0.1) is 0 Å². The van der Waals surface area contributed by atoms with Crippen LogP contribution in [0.5, 0.6) is 0 Å². The number of hydrogen-bond acceptors (Lipinski definition) is 3. The van der Waals surface area contributed by atoms with Gasteiger partial charge in [0.15, 0.2) is 0 Å². The summed E-state index contributed by atoms with van der Waals surface area (Å²) in [6.07, 6.45) is 2.82. The summed E-state index contributed by atoms with van der Waals surface area (Å²) < 4.78 is 0. The topological polar surface area (TPSA) is 86.2 Å². The lowest BCUT2D eigenvalue weighted by Crippen LogP contribution is -2.37. The van der Waals surface area contributed by atoms with Gasteiger partial charge in [-0.25, -0.2) is 0 Å². The van der Waals surface area contributed by atoms with E-state index in [1.807, 2.05) is 18.2 Å². The standard InChI is InChI=1S/C21H18N2O3/c22-20(24)17-13-15(23(25)26)9-10-19(17)21(11-4-12-21)18-8-3-6-14-5-1-2-7-16(14)18/h1-3,5-10,13H,4,11-12H2,(H2,22,24). The minimum Gasteiger partial charge on any atom is -0.366 e. The summed E-state index contributed by atoms with van der Waals surface area (Å²) in [6.45, 7) is 0. The SMILES string of the molecule is NC(=O)c1cc([N+](=O)[O-])ccc1C1(c2cccc3ccccc23)CCC1. The lowest BCUT2D eigenvalue weighted by Gasteiger charge is -2.44. The summed E-state index contributed by atoms with van der Waals surface area (Å²) in [5, 5.41) is 13.4. The van der Waals surface area contributed by atoms with Crippen LogP contribution >= 0.6 is 0 Å². The highest BCUT2D eigenvalue weighted by Crippen LogP contribution is 2.52. The van der Waals surface area contributed by atoms with Crippen LogP contribution in [0.1, 0.15) is 40.7 Å². The summed E-state index contributed by atoms with van der Waals surface area (Å²) in [4.78, 5) is 22.7. The molecule has 5 nitrogen and oxygen atoms in total. The molecule has 0 spiro atoms. The lowest BCUT2D eigenvalue weighted by atomic mass is 9.59. The van der Waals surface area contributed by atoms with Gasteiger partial charge in [-0.2, -0.15) is 0 Å². The van der Waals surface area contributed by atoms with E-state index in [0.717, 1.165) is 41.2 Å². The average molecular weight is 346 g/mol. The summed E-state index contributed by atoms with van der Waals surface area (Å²) in [5.41, 5.74) is 7.32. The minimum atomic E-state index is -0.629. The van der Waals surface area contributed by atoms with Crippen LogP contribution in [0.3, 0.4) is 0 Å². The second-order valence-electron chi connectivity index (χ2n) is 6.81. The predicted molar refractivity (Wildman–Crippen MR) is 100 cm³/mol. The van der Waals surface area contributed by atoms with Gasteiger partial charge in [-0.05, 0) is 34.7 Å². The molecule has 0 radical (unpaired) electrons. The Balaban J connectivity index is 1.98. The molecule has 3 aromatic carbocycles. The molecule has 1 aliphatic carbocycles. The van der Waals surface area contributed by atoms with Crippen molar-refractivity contribution in [2.75, 3.05) is 0 Å². The van der Waals surface area contributed by atoms with E-state index in [9.17, 15) is 14.9 Å². The van der Waals surface area contributed by atoms with Crippen LogP contribution in [-0.2, 0) is 5.41 Å². The number of carbonyl (C=O) groups excluding carboxylic acids is 1. The molecule has 0 aromatic heterocycles. The van der Waals surface area contributed by atoms with E-state index < -0.39 is 10.8 Å². The molecule has 0 saturated heterocycles. The van der Waals surface area contributed by atoms with Crippen LogP contribution in [0.15, 0.2) is 60.7 Å². The van der Waals surface area contributed by atoms with Gasteiger partial charge in [0.2, 0.25) is 5.91 Å². The highest BCUT2D eigenvalue weighted by atomic mass is 16.6. The number of nitrogens with zero attached hydrogens (tertiary/aromatic N) is 1. The summed E-state index contributed by atoms with van der Waals surface area (Å²) in [6, 6.07) is 18.8. The van der Waals surface area contributed by atoms with E-state index in [1.165, 1.54) is 12.1 Å². The molecule has 26 heavy (non-hydrogen) atoms. The number of carbonyl (C=O) groups is 1. The van der Waals surface area contributed by atoms with E-state index in [4.69, 9.17) is 5.73 Å². The molecule has 0 unspecified atom stereocenters. The van der Waals surface area contributed by atoms with Crippen LogP contribution in [0.4, 0.5) is 5.69 Å². The van der Waals surface area contributed by atoms with Crippen molar-refractivity contribution in [3.8, 4) is 0 Å². The quantitative estimate of drug-likeness (QED) is 0.564. The van der Waals surface area contributed by atoms with Crippen molar-refractivity contribution in [2.24, 2.45) is 5.73 Å². The zero-order chi connectivity index (χ0) is 18.3. The van der Waals surface area contributed by atoms with Crippen molar-refractivity contribution in [3.63, 3.8) is 0 Å². The fraction of sp³-hybridized carbons (Fsp3) is 0.190. The Labute approximate surface area is 150 Å².